The van der Waals surface area contributed by atoms with Crippen molar-refractivity contribution in [2.45, 2.75) is 0 Å². The van der Waals surface area contributed by atoms with Crippen molar-refractivity contribution in [2.75, 3.05) is 6.54 Å². The molecule has 0 bridgehead atoms. The third kappa shape index (κ3) is 5.76. The summed E-state index contributed by atoms with van der Waals surface area (Å²) in [6.45, 7) is -0.355. The molecule has 26 heavy (non-hydrogen) atoms. The van der Waals surface area contributed by atoms with Gasteiger partial charge in [0.2, 0.25) is 0 Å². The Kier molecular flexibility index (Phi) is 7.52. The highest BCUT2D eigenvalue weighted by Gasteiger charge is 2.08. The topological polar surface area (TPSA) is 152 Å². The van der Waals surface area contributed by atoms with Crippen molar-refractivity contribution in [3.63, 3.8) is 0 Å². The Bertz CT molecular complexity index is 841. The Morgan fingerprint density at radius 3 is 2.62 bits per heavy atom. The third-order valence-electron chi connectivity index (χ3n) is 3.00. The first-order valence-electron chi connectivity index (χ1n) is 7.01. The molecule has 2 rings (SSSR count). The average Bonchev–Trinajstić information content (AvgIpc) is 2.60. The molecule has 136 valence electrons. The Balaban J connectivity index is 0.00000338. The molecule has 0 heterocycles. The number of rotatable bonds is 6. The van der Waals surface area contributed by atoms with Crippen LogP contribution in [0.2, 0.25) is 0 Å². The van der Waals surface area contributed by atoms with Crippen LogP contribution in [0.25, 0.3) is 0 Å². The maximum Gasteiger partial charge on any atom is 0.259 e. The molecule has 0 saturated carbocycles. The number of benzene rings is 2. The van der Waals surface area contributed by atoms with E-state index in [1.165, 1.54) is 42.6 Å². The van der Waals surface area contributed by atoms with Crippen LogP contribution >= 0.6 is 0 Å². The second kappa shape index (κ2) is 9.59. The van der Waals surface area contributed by atoms with Gasteiger partial charge in [-0.1, -0.05) is 12.1 Å². The molecule has 2 aromatic carbocycles. The van der Waals surface area contributed by atoms with Crippen LogP contribution in [-0.4, -0.2) is 35.2 Å². The minimum absolute atomic E-state index is 0. The van der Waals surface area contributed by atoms with Crippen molar-refractivity contribution in [1.82, 2.24) is 10.7 Å². The number of halogens is 1. The number of nitroso groups, excluding NO2 is 1. The first kappa shape index (κ1) is 20.4. The summed E-state index contributed by atoms with van der Waals surface area (Å²) in [4.78, 5) is 33.7. The molecule has 0 saturated heterocycles. The van der Waals surface area contributed by atoms with Gasteiger partial charge in [0, 0.05) is 5.56 Å². The number of nitrogens with one attached hydrogen (secondary N) is 2. The van der Waals surface area contributed by atoms with Crippen LogP contribution in [0, 0.1) is 10.7 Å². The van der Waals surface area contributed by atoms with Crippen LogP contribution in [0.1, 0.15) is 15.9 Å². The number of aromatic hydroxyl groups is 1. The molecular formula is C16H15FN4O5. The maximum atomic E-state index is 13.0. The van der Waals surface area contributed by atoms with E-state index in [1.54, 1.807) is 0 Å². The highest BCUT2D eigenvalue weighted by Crippen LogP contribution is 2.25. The number of carbonyl (C=O) groups excluding carboxylic acids is 2. The lowest BCUT2D eigenvalue weighted by atomic mass is 10.2. The zero-order chi connectivity index (χ0) is 18.2. The Morgan fingerprint density at radius 1 is 1.19 bits per heavy atom. The van der Waals surface area contributed by atoms with Crippen molar-refractivity contribution in [3.8, 4) is 5.75 Å². The zero-order valence-electron chi connectivity index (χ0n) is 13.3. The van der Waals surface area contributed by atoms with Crippen LogP contribution in [0.3, 0.4) is 0 Å². The first-order chi connectivity index (χ1) is 12.0. The van der Waals surface area contributed by atoms with E-state index in [1.807, 2.05) is 0 Å². The van der Waals surface area contributed by atoms with E-state index < -0.39 is 17.6 Å². The van der Waals surface area contributed by atoms with Gasteiger partial charge in [-0.3, -0.25) is 9.59 Å². The van der Waals surface area contributed by atoms with Gasteiger partial charge in [0.15, 0.2) is 0 Å². The zero-order valence-corrected chi connectivity index (χ0v) is 13.3. The molecule has 0 aliphatic heterocycles. The SMILES string of the molecule is O.O=Nc1ccc(/C=N/NC(=O)CNC(=O)c2cccc(F)c2)cc1O. The molecule has 0 radical (unpaired) electrons. The molecule has 10 heteroatoms. The summed E-state index contributed by atoms with van der Waals surface area (Å²) in [6, 6.07) is 9.07. The van der Waals surface area contributed by atoms with E-state index in [-0.39, 0.29) is 29.0 Å². The fourth-order valence-corrected chi connectivity index (χ4v) is 1.81. The highest BCUT2D eigenvalue weighted by molar-refractivity contribution is 5.96. The van der Waals surface area contributed by atoms with E-state index in [0.717, 1.165) is 6.07 Å². The molecule has 2 amide bonds. The fourth-order valence-electron chi connectivity index (χ4n) is 1.81. The first-order valence-corrected chi connectivity index (χ1v) is 7.01. The minimum Gasteiger partial charge on any atom is -0.506 e. The molecule has 0 aliphatic rings. The van der Waals surface area contributed by atoms with Gasteiger partial charge < -0.3 is 15.9 Å². The summed E-state index contributed by atoms with van der Waals surface area (Å²) < 4.78 is 13.0. The summed E-state index contributed by atoms with van der Waals surface area (Å²) >= 11 is 0. The standard InChI is InChI=1S/C16H13FN4O4.H2O/c17-12-3-1-2-11(7-12)16(24)18-9-15(23)20-19-8-10-4-5-13(21-25)14(22)6-10;/h1-8,22H,9H2,(H,18,24)(H,20,23);1H2/b19-8+;. The number of hydrogen-bond donors (Lipinski definition) is 3. The Morgan fingerprint density at radius 2 is 1.96 bits per heavy atom. The van der Waals surface area contributed by atoms with Crippen molar-refractivity contribution < 1.29 is 24.6 Å². The predicted octanol–water partition coefficient (Wildman–Crippen LogP) is 0.985. The van der Waals surface area contributed by atoms with Crippen LogP contribution in [0.15, 0.2) is 52.7 Å². The largest absolute Gasteiger partial charge is 0.506 e. The molecule has 0 aliphatic carbocycles. The van der Waals surface area contributed by atoms with Gasteiger partial charge in [-0.05, 0) is 41.1 Å². The third-order valence-corrected chi connectivity index (χ3v) is 3.00. The lowest BCUT2D eigenvalue weighted by Gasteiger charge is -2.04. The summed E-state index contributed by atoms with van der Waals surface area (Å²) in [5.74, 6) is -2.06. The van der Waals surface area contributed by atoms with Crippen molar-refractivity contribution in [2.24, 2.45) is 10.3 Å². The van der Waals surface area contributed by atoms with Crippen LogP contribution in [0.4, 0.5) is 10.1 Å². The lowest BCUT2D eigenvalue weighted by Crippen LogP contribution is -2.34. The van der Waals surface area contributed by atoms with Gasteiger partial charge in [0.25, 0.3) is 11.8 Å². The van der Waals surface area contributed by atoms with Crippen LogP contribution in [-0.2, 0) is 4.79 Å². The van der Waals surface area contributed by atoms with Gasteiger partial charge in [-0.25, -0.2) is 9.82 Å². The van der Waals surface area contributed by atoms with Crippen LogP contribution in [0.5, 0.6) is 5.75 Å². The quantitative estimate of drug-likeness (QED) is 0.398. The molecule has 0 aromatic heterocycles. The number of nitrogens with zero attached hydrogens (tertiary/aromatic N) is 2. The summed E-state index contributed by atoms with van der Waals surface area (Å²) in [5.41, 5.74) is 2.58. The monoisotopic (exact) mass is 362 g/mol. The van der Waals surface area contributed by atoms with Crippen molar-refractivity contribution in [1.29, 1.82) is 0 Å². The molecular weight excluding hydrogens is 347 g/mol. The number of phenols is 1. The number of hydrazone groups is 1. The maximum absolute atomic E-state index is 13.0. The molecule has 5 N–H and O–H groups in total. The summed E-state index contributed by atoms with van der Waals surface area (Å²) in [6.07, 6.45) is 1.24. The number of hydrogen-bond acceptors (Lipinski definition) is 6. The van der Waals surface area contributed by atoms with Crippen LogP contribution < -0.4 is 10.7 Å². The average molecular weight is 362 g/mol. The van der Waals surface area contributed by atoms with Gasteiger partial charge >= 0.3 is 0 Å². The molecule has 0 spiro atoms. The summed E-state index contributed by atoms with van der Waals surface area (Å²) in [5, 5.41) is 18.0. The van der Waals surface area contributed by atoms with Crippen molar-refractivity contribution in [3.05, 3.63) is 64.3 Å². The number of carbonyl (C=O) groups is 2. The van der Waals surface area contributed by atoms with E-state index in [0.29, 0.717) is 5.56 Å². The number of amides is 2. The highest BCUT2D eigenvalue weighted by atomic mass is 19.1. The van der Waals surface area contributed by atoms with E-state index in [4.69, 9.17) is 0 Å². The van der Waals surface area contributed by atoms with Gasteiger partial charge in [0.05, 0.1) is 12.8 Å². The Labute approximate surface area is 146 Å². The van der Waals surface area contributed by atoms with Gasteiger partial charge in [-0.2, -0.15) is 5.10 Å². The molecule has 9 nitrogen and oxygen atoms in total. The van der Waals surface area contributed by atoms with E-state index >= 15 is 0 Å². The summed E-state index contributed by atoms with van der Waals surface area (Å²) in [7, 11) is 0. The van der Waals surface area contributed by atoms with Crippen molar-refractivity contribution >= 4 is 23.7 Å². The fraction of sp³-hybridized carbons (Fsp3) is 0.0625. The molecule has 2 aromatic rings. The second-order valence-electron chi connectivity index (χ2n) is 4.83. The molecule has 0 atom stereocenters. The second-order valence-corrected chi connectivity index (χ2v) is 4.83. The predicted molar refractivity (Wildman–Crippen MR) is 91.6 cm³/mol. The van der Waals surface area contributed by atoms with Gasteiger partial charge in [0.1, 0.15) is 17.3 Å². The minimum atomic E-state index is -0.601. The normalized spacial score (nSPS) is 10.0. The molecule has 0 unspecified atom stereocenters. The van der Waals surface area contributed by atoms with Gasteiger partial charge in [-0.15, -0.1) is 4.91 Å². The smallest absolute Gasteiger partial charge is 0.259 e. The molecule has 0 fully saturated rings. The van der Waals surface area contributed by atoms with E-state index in [9.17, 15) is 24.0 Å². The van der Waals surface area contributed by atoms with E-state index in [2.05, 4.69) is 21.0 Å². The Hall–Kier alpha value is -3.66. The lowest BCUT2D eigenvalue weighted by molar-refractivity contribution is -0.120. The number of phenolic OH excluding ortho intramolecular Hbond substituents is 1.